The van der Waals surface area contributed by atoms with Gasteiger partial charge in [-0.2, -0.15) is 0 Å². The van der Waals surface area contributed by atoms with Crippen molar-refractivity contribution in [3.05, 3.63) is 59.1 Å². The van der Waals surface area contributed by atoms with Gasteiger partial charge in [0.1, 0.15) is 0 Å². The van der Waals surface area contributed by atoms with Crippen LogP contribution in [0.1, 0.15) is 44.6 Å². The van der Waals surface area contributed by atoms with Crippen molar-refractivity contribution in [2.24, 2.45) is 5.92 Å². The molecule has 0 radical (unpaired) electrons. The molecule has 2 atom stereocenters. The maximum absolute atomic E-state index is 11.4. The first-order valence-electron chi connectivity index (χ1n) is 7.74. The Bertz CT molecular complexity index is 646. The van der Waals surface area contributed by atoms with Gasteiger partial charge in [-0.05, 0) is 47.6 Å². The highest BCUT2D eigenvalue weighted by Gasteiger charge is 2.31. The lowest BCUT2D eigenvalue weighted by Gasteiger charge is -2.29. The summed E-state index contributed by atoms with van der Waals surface area (Å²) in [6.07, 6.45) is 3.90. The van der Waals surface area contributed by atoms with Crippen LogP contribution in [-0.4, -0.2) is 11.1 Å². The Hall–Kier alpha value is -1.80. The Morgan fingerprint density at radius 1 is 0.913 bits per heavy atom. The van der Waals surface area contributed by atoms with Gasteiger partial charge >= 0.3 is 5.97 Å². The van der Waals surface area contributed by atoms with Crippen LogP contribution in [0.2, 0.25) is 5.02 Å². The van der Waals surface area contributed by atoms with Crippen molar-refractivity contribution in [2.75, 3.05) is 0 Å². The van der Waals surface area contributed by atoms with Crippen molar-refractivity contribution in [1.29, 1.82) is 0 Å². The second-order valence-corrected chi connectivity index (χ2v) is 6.40. The molecule has 0 heterocycles. The van der Waals surface area contributed by atoms with Crippen molar-refractivity contribution in [3.63, 3.8) is 0 Å². The van der Waals surface area contributed by atoms with Gasteiger partial charge < -0.3 is 5.11 Å². The van der Waals surface area contributed by atoms with Gasteiger partial charge in [-0.25, -0.2) is 0 Å². The predicted molar refractivity (Wildman–Crippen MR) is 96.0 cm³/mol. The van der Waals surface area contributed by atoms with E-state index < -0.39 is 5.97 Å². The summed E-state index contributed by atoms with van der Waals surface area (Å²) in [6.45, 7) is 0. The van der Waals surface area contributed by atoms with Crippen LogP contribution >= 0.6 is 11.6 Å². The molecule has 0 amide bonds. The highest BCUT2D eigenvalue weighted by atomic mass is 35.5. The third kappa shape index (κ3) is 3.94. The lowest BCUT2D eigenvalue weighted by Crippen LogP contribution is -2.25. The summed E-state index contributed by atoms with van der Waals surface area (Å²) in [5, 5.41) is 10.1. The van der Waals surface area contributed by atoms with E-state index in [4.69, 9.17) is 11.6 Å². The average Bonchev–Trinajstić information content (AvgIpc) is 2.56. The molecule has 2 aromatic carbocycles. The van der Waals surface area contributed by atoms with Crippen molar-refractivity contribution >= 4 is 17.6 Å². The van der Waals surface area contributed by atoms with Gasteiger partial charge in [0.05, 0.1) is 5.92 Å². The molecule has 1 aliphatic carbocycles. The fourth-order valence-corrected chi connectivity index (χ4v) is 3.52. The molecule has 0 aliphatic heterocycles. The van der Waals surface area contributed by atoms with Gasteiger partial charge in [-0.15, -0.1) is 0 Å². The third-order valence-corrected chi connectivity index (χ3v) is 4.85. The van der Waals surface area contributed by atoms with E-state index in [-0.39, 0.29) is 19.3 Å². The normalized spacial score (nSPS) is 20.6. The fraction of sp³-hybridized carbons (Fsp3) is 0.350. The fourth-order valence-electron chi connectivity index (χ4n) is 3.39. The second-order valence-electron chi connectivity index (χ2n) is 5.96. The van der Waals surface area contributed by atoms with E-state index in [2.05, 4.69) is 24.3 Å². The summed E-state index contributed by atoms with van der Waals surface area (Å²) in [6, 6.07) is 16.1. The van der Waals surface area contributed by atoms with Crippen LogP contribution < -0.4 is 0 Å². The first kappa shape index (κ1) is 17.6. The summed E-state index contributed by atoms with van der Waals surface area (Å²) in [4.78, 5) is 11.4. The Labute approximate surface area is 143 Å². The van der Waals surface area contributed by atoms with Gasteiger partial charge in [-0.1, -0.05) is 68.3 Å². The lowest BCUT2D eigenvalue weighted by atomic mass is 9.75. The zero-order valence-corrected chi connectivity index (χ0v) is 13.1. The van der Waals surface area contributed by atoms with Gasteiger partial charge in [0, 0.05) is 5.02 Å². The molecule has 0 bridgehead atoms. The minimum atomic E-state index is -0.661. The summed E-state index contributed by atoms with van der Waals surface area (Å²) in [7, 11) is 0. The van der Waals surface area contributed by atoms with E-state index in [1.165, 1.54) is 0 Å². The molecule has 2 nitrogen and oxygen atoms in total. The maximum atomic E-state index is 11.4. The SMILES string of the molecule is C.O=C(O)C1CCCCC1c1ccc(-c2ccc(Cl)cc2)cc1. The quantitative estimate of drug-likeness (QED) is 0.749. The summed E-state index contributed by atoms with van der Waals surface area (Å²) in [5.41, 5.74) is 3.39. The van der Waals surface area contributed by atoms with Crippen molar-refractivity contribution in [1.82, 2.24) is 0 Å². The van der Waals surface area contributed by atoms with E-state index in [0.29, 0.717) is 0 Å². The lowest BCUT2D eigenvalue weighted by molar-refractivity contribution is -0.143. The van der Waals surface area contributed by atoms with Crippen LogP contribution in [0, 0.1) is 5.92 Å². The molecular formula is C20H23ClO2. The molecule has 2 aromatic rings. The van der Waals surface area contributed by atoms with Crippen LogP contribution in [0.15, 0.2) is 48.5 Å². The van der Waals surface area contributed by atoms with E-state index in [0.717, 1.165) is 47.4 Å². The first-order valence-corrected chi connectivity index (χ1v) is 8.11. The topological polar surface area (TPSA) is 37.3 Å². The average molecular weight is 331 g/mol. The molecule has 1 aliphatic rings. The number of carbonyl (C=O) groups is 1. The molecule has 23 heavy (non-hydrogen) atoms. The highest BCUT2D eigenvalue weighted by Crippen LogP contribution is 2.38. The van der Waals surface area contributed by atoms with Crippen LogP contribution in [0.3, 0.4) is 0 Å². The second kappa shape index (κ2) is 7.65. The zero-order chi connectivity index (χ0) is 15.5. The largest absolute Gasteiger partial charge is 0.481 e. The van der Waals surface area contributed by atoms with E-state index in [9.17, 15) is 9.90 Å². The minimum absolute atomic E-state index is 0. The zero-order valence-electron chi connectivity index (χ0n) is 12.3. The number of hydrogen-bond acceptors (Lipinski definition) is 1. The molecule has 0 saturated heterocycles. The number of halogens is 1. The number of carboxylic acid groups (broad SMARTS) is 1. The number of aliphatic carboxylic acids is 1. The monoisotopic (exact) mass is 330 g/mol. The van der Waals surface area contributed by atoms with Crippen molar-refractivity contribution in [2.45, 2.75) is 39.0 Å². The number of hydrogen-bond donors (Lipinski definition) is 1. The van der Waals surface area contributed by atoms with E-state index in [1.807, 2.05) is 24.3 Å². The molecule has 0 aromatic heterocycles. The standard InChI is InChI=1S/C19H19ClO2.CH4/c20-16-11-9-14(10-12-16)13-5-7-15(8-6-13)17-3-1-2-4-18(17)19(21)22;/h5-12,17-18H,1-4H2,(H,21,22);1H4. The molecule has 3 heteroatoms. The first-order chi connectivity index (χ1) is 10.6. The number of rotatable bonds is 3. The van der Waals surface area contributed by atoms with E-state index >= 15 is 0 Å². The van der Waals surface area contributed by atoms with Crippen molar-refractivity contribution < 1.29 is 9.90 Å². The molecule has 3 rings (SSSR count). The molecular weight excluding hydrogens is 308 g/mol. The Balaban J connectivity index is 0.00000192. The smallest absolute Gasteiger partial charge is 0.307 e. The van der Waals surface area contributed by atoms with Gasteiger partial charge in [0.2, 0.25) is 0 Å². The number of carboxylic acids is 1. The maximum Gasteiger partial charge on any atom is 0.307 e. The van der Waals surface area contributed by atoms with Gasteiger partial charge in [0.15, 0.2) is 0 Å². The molecule has 122 valence electrons. The van der Waals surface area contributed by atoms with E-state index in [1.54, 1.807) is 0 Å². The Kier molecular flexibility index (Phi) is 5.84. The van der Waals surface area contributed by atoms with Crippen molar-refractivity contribution in [3.8, 4) is 11.1 Å². The van der Waals surface area contributed by atoms with Crippen LogP contribution in [0.25, 0.3) is 11.1 Å². The Morgan fingerprint density at radius 3 is 2.00 bits per heavy atom. The summed E-state index contributed by atoms with van der Waals surface area (Å²) in [5.74, 6) is -0.757. The molecule has 1 N–H and O–H groups in total. The van der Waals surface area contributed by atoms with Gasteiger partial charge in [0.25, 0.3) is 0 Å². The van der Waals surface area contributed by atoms with Crippen LogP contribution in [0.4, 0.5) is 0 Å². The Morgan fingerprint density at radius 2 is 1.43 bits per heavy atom. The highest BCUT2D eigenvalue weighted by molar-refractivity contribution is 6.30. The summed E-state index contributed by atoms with van der Waals surface area (Å²) < 4.78 is 0. The molecule has 1 saturated carbocycles. The van der Waals surface area contributed by atoms with Crippen LogP contribution in [-0.2, 0) is 4.79 Å². The molecule has 1 fully saturated rings. The number of benzene rings is 2. The summed E-state index contributed by atoms with van der Waals surface area (Å²) >= 11 is 5.92. The molecule has 0 spiro atoms. The third-order valence-electron chi connectivity index (χ3n) is 4.60. The van der Waals surface area contributed by atoms with Gasteiger partial charge in [-0.3, -0.25) is 4.79 Å². The predicted octanol–water partition coefficient (Wildman–Crippen LogP) is 6.00. The minimum Gasteiger partial charge on any atom is -0.481 e. The molecule has 2 unspecified atom stereocenters. The van der Waals surface area contributed by atoms with Crippen LogP contribution in [0.5, 0.6) is 0 Å².